The topological polar surface area (TPSA) is 66.8 Å². The fourth-order valence-electron chi connectivity index (χ4n) is 2.34. The van der Waals surface area contributed by atoms with Crippen LogP contribution >= 0.6 is 0 Å². The Morgan fingerprint density at radius 3 is 2.41 bits per heavy atom. The van der Waals surface area contributed by atoms with Gasteiger partial charge in [0.1, 0.15) is 11.6 Å². The summed E-state index contributed by atoms with van der Waals surface area (Å²) in [5.74, 6) is -2.22. The average Bonchev–Trinajstić information content (AvgIpc) is 2.84. The summed E-state index contributed by atoms with van der Waals surface area (Å²) in [6.45, 7) is 2.50. The third-order valence-corrected chi connectivity index (χ3v) is 3.59. The van der Waals surface area contributed by atoms with E-state index in [0.717, 1.165) is 4.90 Å². The maximum Gasteiger partial charge on any atom is 0.343 e. The number of alkyl halides is 1. The number of halogens is 2. The molecule has 0 saturated carbocycles. The first-order valence-corrected chi connectivity index (χ1v) is 6.80. The number of carboxylic acids is 1. The first kappa shape index (κ1) is 16.2. The molecule has 5 nitrogen and oxygen atoms in total. The van der Waals surface area contributed by atoms with Gasteiger partial charge in [-0.05, 0) is 38.1 Å². The molecule has 7 heteroatoms. The van der Waals surface area contributed by atoms with Gasteiger partial charge in [0.05, 0.1) is 6.54 Å². The van der Waals surface area contributed by atoms with E-state index in [1.54, 1.807) is 0 Å². The van der Waals surface area contributed by atoms with Crippen LogP contribution < -0.4 is 4.74 Å². The SMILES string of the molecule is CC(C)(Oc1ccc(F)cc1)C(=O)N1CCC(F)(C(=O)O)C1. The van der Waals surface area contributed by atoms with Gasteiger partial charge in [0.15, 0.2) is 5.60 Å². The molecule has 0 aromatic heterocycles. The minimum atomic E-state index is -2.42. The van der Waals surface area contributed by atoms with E-state index >= 15 is 0 Å². The van der Waals surface area contributed by atoms with Crippen LogP contribution in [0.5, 0.6) is 5.75 Å². The van der Waals surface area contributed by atoms with E-state index in [4.69, 9.17) is 9.84 Å². The average molecular weight is 313 g/mol. The van der Waals surface area contributed by atoms with Gasteiger partial charge in [0, 0.05) is 13.0 Å². The van der Waals surface area contributed by atoms with Crippen molar-refractivity contribution >= 4 is 11.9 Å². The normalized spacial score (nSPS) is 21.7. The van der Waals surface area contributed by atoms with Crippen LogP contribution in [0.4, 0.5) is 8.78 Å². The van der Waals surface area contributed by atoms with Gasteiger partial charge >= 0.3 is 5.97 Å². The third-order valence-electron chi connectivity index (χ3n) is 3.59. The van der Waals surface area contributed by atoms with Gasteiger partial charge in [0.2, 0.25) is 5.67 Å². The highest BCUT2D eigenvalue weighted by Gasteiger charge is 2.49. The molecule has 1 unspecified atom stereocenters. The molecule has 1 saturated heterocycles. The van der Waals surface area contributed by atoms with E-state index < -0.39 is 35.5 Å². The molecule has 1 atom stereocenters. The molecular weight excluding hydrogens is 296 g/mol. The van der Waals surface area contributed by atoms with Crippen LogP contribution in [0.15, 0.2) is 24.3 Å². The molecule has 1 aromatic carbocycles. The minimum absolute atomic E-state index is 0.0117. The summed E-state index contributed by atoms with van der Waals surface area (Å²) < 4.78 is 32.4. The van der Waals surface area contributed by atoms with Crippen molar-refractivity contribution in [3.63, 3.8) is 0 Å². The van der Waals surface area contributed by atoms with Crippen LogP contribution in [-0.4, -0.2) is 46.2 Å². The van der Waals surface area contributed by atoms with E-state index in [9.17, 15) is 18.4 Å². The summed E-state index contributed by atoms with van der Waals surface area (Å²) in [6, 6.07) is 5.15. The van der Waals surface area contributed by atoms with Crippen molar-refractivity contribution < 1.29 is 28.2 Å². The zero-order chi connectivity index (χ0) is 16.5. The molecule has 0 spiro atoms. The standard InChI is InChI=1S/C15H17F2NO4/c1-14(2,22-11-5-3-10(16)4-6-11)12(19)18-8-7-15(17,9-18)13(20)21/h3-6H,7-9H2,1-2H3,(H,20,21). The predicted octanol–water partition coefficient (Wildman–Crippen LogP) is 2.01. The number of benzene rings is 1. The van der Waals surface area contributed by atoms with Crippen molar-refractivity contribution in [2.24, 2.45) is 0 Å². The highest BCUT2D eigenvalue weighted by Crippen LogP contribution is 2.29. The van der Waals surface area contributed by atoms with Crippen molar-refractivity contribution in [2.45, 2.75) is 31.5 Å². The number of carbonyl (C=O) groups is 2. The zero-order valence-electron chi connectivity index (χ0n) is 12.3. The van der Waals surface area contributed by atoms with Gasteiger partial charge in [-0.1, -0.05) is 0 Å². The number of rotatable bonds is 4. The molecule has 1 aromatic rings. The molecule has 1 N–H and O–H groups in total. The Labute approximate surface area is 126 Å². The van der Waals surface area contributed by atoms with Crippen molar-refractivity contribution in [3.05, 3.63) is 30.1 Å². The van der Waals surface area contributed by atoms with Crippen molar-refractivity contribution in [1.29, 1.82) is 0 Å². The van der Waals surface area contributed by atoms with Gasteiger partial charge in [-0.25, -0.2) is 13.6 Å². The second-order valence-corrected chi connectivity index (χ2v) is 5.81. The monoisotopic (exact) mass is 313 g/mol. The Balaban J connectivity index is 2.08. The van der Waals surface area contributed by atoms with E-state index in [-0.39, 0.29) is 13.0 Å². The van der Waals surface area contributed by atoms with Gasteiger partial charge in [-0.2, -0.15) is 0 Å². The number of carbonyl (C=O) groups excluding carboxylic acids is 1. The fraction of sp³-hybridized carbons (Fsp3) is 0.467. The van der Waals surface area contributed by atoms with Gasteiger partial charge in [-0.15, -0.1) is 0 Å². The second kappa shape index (κ2) is 5.55. The summed E-state index contributed by atoms with van der Waals surface area (Å²) in [5, 5.41) is 8.86. The molecule has 1 aliphatic heterocycles. The molecule has 1 aliphatic rings. The van der Waals surface area contributed by atoms with Crippen molar-refractivity contribution in [2.75, 3.05) is 13.1 Å². The fourth-order valence-corrected chi connectivity index (χ4v) is 2.34. The number of amides is 1. The summed E-state index contributed by atoms with van der Waals surface area (Å²) in [5.41, 5.74) is -3.73. The molecular formula is C15H17F2NO4. The number of aliphatic carboxylic acids is 1. The molecule has 1 heterocycles. The Hall–Kier alpha value is -2.18. The van der Waals surface area contributed by atoms with Crippen LogP contribution in [0.2, 0.25) is 0 Å². The summed E-state index contributed by atoms with van der Waals surface area (Å²) in [4.78, 5) is 24.4. The lowest BCUT2D eigenvalue weighted by Gasteiger charge is -2.30. The highest BCUT2D eigenvalue weighted by atomic mass is 19.1. The second-order valence-electron chi connectivity index (χ2n) is 5.81. The maximum atomic E-state index is 14.0. The Bertz CT molecular complexity index is 588. The zero-order valence-corrected chi connectivity index (χ0v) is 12.3. The van der Waals surface area contributed by atoms with Crippen LogP contribution in [0.1, 0.15) is 20.3 Å². The van der Waals surface area contributed by atoms with Crippen LogP contribution in [-0.2, 0) is 9.59 Å². The molecule has 0 bridgehead atoms. The van der Waals surface area contributed by atoms with Crippen LogP contribution in [0.3, 0.4) is 0 Å². The summed E-state index contributed by atoms with van der Waals surface area (Å²) >= 11 is 0. The van der Waals surface area contributed by atoms with Crippen LogP contribution in [0.25, 0.3) is 0 Å². The number of nitrogens with zero attached hydrogens (tertiary/aromatic N) is 1. The Morgan fingerprint density at radius 2 is 1.91 bits per heavy atom. The van der Waals surface area contributed by atoms with Crippen molar-refractivity contribution in [1.82, 2.24) is 4.90 Å². The highest BCUT2D eigenvalue weighted by molar-refractivity contribution is 5.87. The molecule has 0 aliphatic carbocycles. The maximum absolute atomic E-state index is 14.0. The minimum Gasteiger partial charge on any atom is -0.479 e. The van der Waals surface area contributed by atoms with Gasteiger partial charge in [0.25, 0.3) is 5.91 Å². The van der Waals surface area contributed by atoms with Crippen LogP contribution in [0, 0.1) is 5.82 Å². The molecule has 1 amide bonds. The van der Waals surface area contributed by atoms with E-state index in [0.29, 0.717) is 5.75 Å². The molecule has 120 valence electrons. The largest absolute Gasteiger partial charge is 0.479 e. The molecule has 2 rings (SSSR count). The smallest absolute Gasteiger partial charge is 0.343 e. The molecule has 0 radical (unpaired) electrons. The number of likely N-dealkylation sites (tertiary alicyclic amines) is 1. The lowest BCUT2D eigenvalue weighted by Crippen LogP contribution is -2.49. The Kier molecular flexibility index (Phi) is 4.08. The first-order valence-electron chi connectivity index (χ1n) is 6.80. The van der Waals surface area contributed by atoms with Gasteiger partial charge in [-0.3, -0.25) is 4.79 Å². The van der Waals surface area contributed by atoms with E-state index in [1.165, 1.54) is 38.1 Å². The predicted molar refractivity (Wildman–Crippen MR) is 73.8 cm³/mol. The lowest BCUT2D eigenvalue weighted by molar-refractivity contribution is -0.151. The number of ether oxygens (including phenoxy) is 1. The van der Waals surface area contributed by atoms with Crippen molar-refractivity contribution in [3.8, 4) is 5.75 Å². The lowest BCUT2D eigenvalue weighted by atomic mass is 10.1. The number of hydrogen-bond acceptors (Lipinski definition) is 3. The summed E-state index contributed by atoms with van der Waals surface area (Å²) in [7, 11) is 0. The number of carboxylic acid groups (broad SMARTS) is 1. The Morgan fingerprint density at radius 1 is 1.32 bits per heavy atom. The first-order chi connectivity index (χ1) is 10.1. The third kappa shape index (κ3) is 3.18. The van der Waals surface area contributed by atoms with E-state index in [2.05, 4.69) is 0 Å². The van der Waals surface area contributed by atoms with E-state index in [1.807, 2.05) is 0 Å². The number of hydrogen-bond donors (Lipinski definition) is 1. The molecule has 1 fully saturated rings. The summed E-state index contributed by atoms with van der Waals surface area (Å²) in [6.07, 6.45) is -0.249. The quantitative estimate of drug-likeness (QED) is 0.923. The van der Waals surface area contributed by atoms with Gasteiger partial charge < -0.3 is 14.7 Å². The molecule has 22 heavy (non-hydrogen) atoms.